The van der Waals surface area contributed by atoms with Crippen molar-refractivity contribution in [2.75, 3.05) is 17.8 Å². The van der Waals surface area contributed by atoms with E-state index in [2.05, 4.69) is 19.9 Å². The number of aliphatic hydroxyl groups excluding tert-OH is 2. The highest BCUT2D eigenvalue weighted by Gasteiger charge is 2.47. The van der Waals surface area contributed by atoms with Gasteiger partial charge < -0.3 is 39.5 Å². The quantitative estimate of drug-likeness (QED) is 0.254. The van der Waals surface area contributed by atoms with Gasteiger partial charge in [0.05, 0.1) is 18.5 Å². The molecule has 18 heteroatoms. The van der Waals surface area contributed by atoms with Crippen LogP contribution in [-0.4, -0.2) is 82.3 Å². The summed E-state index contributed by atoms with van der Waals surface area (Å²) in [6, 6.07) is 0.931. The lowest BCUT2D eigenvalue weighted by Gasteiger charge is -2.18. The molecule has 4 rings (SSSR count). The smallest absolute Gasteiger partial charge is 0.340 e. The highest BCUT2D eigenvalue weighted by molar-refractivity contribution is 7.70. The van der Waals surface area contributed by atoms with Crippen LogP contribution in [0.3, 0.4) is 0 Å². The van der Waals surface area contributed by atoms with Crippen molar-refractivity contribution in [3.8, 4) is 0 Å². The Hall–Kier alpha value is -1.25. The molecule has 2 aliphatic rings. The third-order valence-electron chi connectivity index (χ3n) is 5.68. The number of hydrogen-bond acceptors (Lipinski definition) is 9. The van der Waals surface area contributed by atoms with E-state index in [1.54, 1.807) is 0 Å². The minimum Gasteiger partial charge on any atom is -0.387 e. The van der Waals surface area contributed by atoms with Crippen LogP contribution < -0.4 is 5.32 Å². The Kier molecular flexibility index (Phi) is 7.32. The standard InChI is InChI=1S/C17H23ClF2N4O9P2/c18-12-3-9(22-8-1-2-17(19,20)4-8)10-5-21-16(24(10)23-12)15-14(26)13(25)11(33-15)6-32-35(30,31)7-34(27,28)29/h3,5,8,11,13-15,22,25-26H,1-2,4,6-7H2,(H,30,31)(H2,27,28,29)/t8-,11-,13-,14-,15-/m1/s1. The van der Waals surface area contributed by atoms with Crippen LogP contribution in [0, 0.1) is 0 Å². The average Bonchev–Trinajstić information content (AvgIpc) is 3.35. The van der Waals surface area contributed by atoms with Gasteiger partial charge in [0.15, 0.2) is 16.9 Å². The van der Waals surface area contributed by atoms with Crippen LogP contribution in [-0.2, 0) is 18.4 Å². The Bertz CT molecular complexity index is 1200. The second kappa shape index (κ2) is 9.56. The molecule has 0 radical (unpaired) electrons. The summed E-state index contributed by atoms with van der Waals surface area (Å²) in [6.45, 7) is -0.761. The lowest BCUT2D eigenvalue weighted by atomic mass is 10.1. The first-order chi connectivity index (χ1) is 16.1. The molecule has 35 heavy (non-hydrogen) atoms. The summed E-state index contributed by atoms with van der Waals surface area (Å²) in [7, 11) is -9.57. The van der Waals surface area contributed by atoms with Gasteiger partial charge in [0, 0.05) is 24.9 Å². The Labute approximate surface area is 201 Å². The number of hydrogen-bond donors (Lipinski definition) is 6. The minimum absolute atomic E-state index is 0.00116. The molecular formula is C17H23ClF2N4O9P2. The van der Waals surface area contributed by atoms with E-state index in [1.165, 1.54) is 16.8 Å². The molecule has 0 amide bonds. The molecule has 1 saturated carbocycles. The number of ether oxygens (including phenoxy) is 1. The number of alkyl halides is 2. The largest absolute Gasteiger partial charge is 0.387 e. The maximum atomic E-state index is 13.6. The van der Waals surface area contributed by atoms with E-state index in [4.69, 9.17) is 26.1 Å². The molecule has 6 N–H and O–H groups in total. The Balaban J connectivity index is 1.53. The Morgan fingerprint density at radius 1 is 1.29 bits per heavy atom. The first-order valence-corrected chi connectivity index (χ1v) is 14.3. The summed E-state index contributed by atoms with van der Waals surface area (Å²) in [5.41, 5.74) is 0.712. The van der Waals surface area contributed by atoms with Gasteiger partial charge in [0.2, 0.25) is 5.92 Å². The molecule has 0 spiro atoms. The van der Waals surface area contributed by atoms with Crippen molar-refractivity contribution >= 4 is 38.0 Å². The molecule has 2 aromatic rings. The lowest BCUT2D eigenvalue weighted by Crippen LogP contribution is -2.33. The second-order valence-corrected chi connectivity index (χ2v) is 12.9. The molecule has 0 bridgehead atoms. The van der Waals surface area contributed by atoms with Gasteiger partial charge in [-0.1, -0.05) is 11.6 Å². The van der Waals surface area contributed by atoms with Crippen LogP contribution >= 0.6 is 26.8 Å². The molecule has 2 aromatic heterocycles. The summed E-state index contributed by atoms with van der Waals surface area (Å²) in [4.78, 5) is 31.5. The second-order valence-electron chi connectivity index (χ2n) is 8.55. The van der Waals surface area contributed by atoms with Crippen LogP contribution in [0.1, 0.15) is 31.2 Å². The van der Waals surface area contributed by atoms with Crippen molar-refractivity contribution in [2.24, 2.45) is 0 Å². The number of anilines is 1. The predicted molar refractivity (Wildman–Crippen MR) is 117 cm³/mol. The third kappa shape index (κ3) is 6.19. The SMILES string of the molecule is O=P(O)(O)CP(=O)(O)OC[C@H]1O[C@@H](c2ncc3c(N[C@@H]4CCC(F)(F)C4)cc(Cl)nn23)[C@H](O)[C@@H]1O. The fourth-order valence-corrected chi connectivity index (χ4v) is 6.89. The zero-order chi connectivity index (χ0) is 25.8. The van der Waals surface area contributed by atoms with Gasteiger partial charge in [-0.2, -0.15) is 5.10 Å². The molecular weight excluding hydrogens is 540 g/mol. The molecule has 1 unspecified atom stereocenters. The maximum absolute atomic E-state index is 13.6. The zero-order valence-electron chi connectivity index (χ0n) is 17.8. The number of halogens is 3. The van der Waals surface area contributed by atoms with E-state index in [0.717, 1.165) is 0 Å². The van der Waals surface area contributed by atoms with Crippen LogP contribution in [0.4, 0.5) is 14.5 Å². The normalized spacial score (nSPS) is 30.6. The van der Waals surface area contributed by atoms with E-state index in [9.17, 15) is 33.0 Å². The minimum atomic E-state index is -4.86. The number of fused-ring (bicyclic) bond motifs is 1. The molecule has 13 nitrogen and oxygen atoms in total. The van der Waals surface area contributed by atoms with E-state index in [0.29, 0.717) is 11.2 Å². The van der Waals surface area contributed by atoms with Gasteiger partial charge in [-0.15, -0.1) is 0 Å². The fraction of sp³-hybridized carbons (Fsp3) is 0.647. The van der Waals surface area contributed by atoms with Crippen LogP contribution in [0.2, 0.25) is 5.15 Å². The molecule has 1 aliphatic carbocycles. The molecule has 6 atom stereocenters. The van der Waals surface area contributed by atoms with E-state index >= 15 is 0 Å². The van der Waals surface area contributed by atoms with Crippen LogP contribution in [0.5, 0.6) is 0 Å². The van der Waals surface area contributed by atoms with Crippen molar-refractivity contribution in [1.82, 2.24) is 14.6 Å². The van der Waals surface area contributed by atoms with Gasteiger partial charge >= 0.3 is 15.2 Å². The predicted octanol–water partition coefficient (Wildman–Crippen LogP) is 1.48. The van der Waals surface area contributed by atoms with E-state index in [-0.39, 0.29) is 30.2 Å². The van der Waals surface area contributed by atoms with Crippen molar-refractivity contribution in [3.05, 3.63) is 23.2 Å². The first-order valence-electron chi connectivity index (χ1n) is 10.4. The number of nitrogens with one attached hydrogen (secondary N) is 1. The molecule has 196 valence electrons. The average molecular weight is 563 g/mol. The molecule has 1 saturated heterocycles. The number of imidazole rings is 1. The zero-order valence-corrected chi connectivity index (χ0v) is 20.4. The monoisotopic (exact) mass is 562 g/mol. The van der Waals surface area contributed by atoms with E-state index in [1.807, 2.05) is 0 Å². The molecule has 3 heterocycles. The van der Waals surface area contributed by atoms with Crippen LogP contribution in [0.15, 0.2) is 12.3 Å². The van der Waals surface area contributed by atoms with Gasteiger partial charge in [0.25, 0.3) is 0 Å². The number of nitrogens with zero attached hydrogens (tertiary/aromatic N) is 3. The summed E-state index contributed by atoms with van der Waals surface area (Å²) < 4.78 is 61.5. The lowest BCUT2D eigenvalue weighted by molar-refractivity contribution is -0.0217. The van der Waals surface area contributed by atoms with Crippen molar-refractivity contribution in [3.63, 3.8) is 0 Å². The summed E-state index contributed by atoms with van der Waals surface area (Å²) in [6.07, 6.45) is -4.85. The van der Waals surface area contributed by atoms with Gasteiger partial charge in [0.1, 0.15) is 29.9 Å². The Morgan fingerprint density at radius 2 is 2.00 bits per heavy atom. The maximum Gasteiger partial charge on any atom is 0.340 e. The van der Waals surface area contributed by atoms with Crippen molar-refractivity contribution in [1.29, 1.82) is 0 Å². The summed E-state index contributed by atoms with van der Waals surface area (Å²) in [5, 5.41) is 27.9. The van der Waals surface area contributed by atoms with Crippen LogP contribution in [0.25, 0.3) is 5.52 Å². The van der Waals surface area contributed by atoms with E-state index < -0.39 is 64.1 Å². The third-order valence-corrected chi connectivity index (χ3v) is 9.32. The number of aromatic nitrogens is 3. The van der Waals surface area contributed by atoms with Crippen molar-refractivity contribution in [2.45, 2.75) is 55.6 Å². The molecule has 2 fully saturated rings. The number of rotatable bonds is 8. The fourth-order valence-electron chi connectivity index (χ4n) is 4.13. The van der Waals surface area contributed by atoms with Gasteiger partial charge in [-0.05, 0) is 6.42 Å². The Morgan fingerprint density at radius 3 is 2.63 bits per heavy atom. The summed E-state index contributed by atoms with van der Waals surface area (Å²) >= 11 is 6.10. The molecule has 1 aliphatic heterocycles. The topological polar surface area (TPSA) is 196 Å². The highest BCUT2D eigenvalue weighted by Crippen LogP contribution is 2.55. The van der Waals surface area contributed by atoms with Gasteiger partial charge in [-0.3, -0.25) is 9.13 Å². The summed E-state index contributed by atoms with van der Waals surface area (Å²) in [5.74, 6) is -4.20. The number of aliphatic hydroxyl groups is 2. The van der Waals surface area contributed by atoms with Gasteiger partial charge in [-0.25, -0.2) is 18.3 Å². The first kappa shape index (κ1) is 26.8. The van der Waals surface area contributed by atoms with Crippen molar-refractivity contribution < 1.29 is 52.1 Å². The molecule has 0 aromatic carbocycles. The highest BCUT2D eigenvalue weighted by atomic mass is 35.5.